The van der Waals surface area contributed by atoms with Crippen molar-refractivity contribution in [1.29, 1.82) is 0 Å². The number of nitro groups is 1. The van der Waals surface area contributed by atoms with E-state index in [9.17, 15) is 28.1 Å². The third-order valence-electron chi connectivity index (χ3n) is 3.15. The lowest BCUT2D eigenvalue weighted by atomic mass is 10.2. The fourth-order valence-electron chi connectivity index (χ4n) is 1.96. The van der Waals surface area contributed by atoms with Gasteiger partial charge in [0.15, 0.2) is 11.9 Å². The van der Waals surface area contributed by atoms with Crippen LogP contribution in [0.4, 0.5) is 24.5 Å². The summed E-state index contributed by atoms with van der Waals surface area (Å²) in [5, 5.41) is 13.6. The van der Waals surface area contributed by atoms with Crippen molar-refractivity contribution in [3.63, 3.8) is 0 Å². The first kappa shape index (κ1) is 20.3. The Kier molecular flexibility index (Phi) is 6.11. The Bertz CT molecular complexity index is 843. The summed E-state index contributed by atoms with van der Waals surface area (Å²) in [6, 6.07) is 8.17. The molecule has 0 aromatic heterocycles. The number of hydrogen-bond acceptors (Lipinski definition) is 5. The van der Waals surface area contributed by atoms with Gasteiger partial charge < -0.3 is 14.8 Å². The molecule has 2 aromatic carbocycles. The van der Waals surface area contributed by atoms with Crippen LogP contribution in [-0.4, -0.2) is 23.3 Å². The molecule has 1 amide bonds. The molecule has 0 bridgehead atoms. The highest BCUT2D eigenvalue weighted by atomic mass is 35.5. The van der Waals surface area contributed by atoms with Gasteiger partial charge in [-0.25, -0.2) is 0 Å². The number of halogens is 4. The number of nitrogens with zero attached hydrogens (tertiary/aromatic N) is 1. The lowest BCUT2D eigenvalue weighted by molar-refractivity contribution is -0.386. The smallest absolute Gasteiger partial charge is 0.474 e. The van der Waals surface area contributed by atoms with Gasteiger partial charge >= 0.3 is 12.0 Å². The van der Waals surface area contributed by atoms with E-state index in [2.05, 4.69) is 10.1 Å². The summed E-state index contributed by atoms with van der Waals surface area (Å²) in [5.74, 6) is -1.26. The summed E-state index contributed by atoms with van der Waals surface area (Å²) in [4.78, 5) is 22.5. The Balaban J connectivity index is 2.03. The summed E-state index contributed by atoms with van der Waals surface area (Å²) in [6.07, 6.45) is -5.95. The molecule has 0 aliphatic rings. The van der Waals surface area contributed by atoms with Gasteiger partial charge in [-0.05, 0) is 43.3 Å². The number of hydrogen-bond donors (Lipinski definition) is 1. The van der Waals surface area contributed by atoms with E-state index < -0.39 is 34.7 Å². The molecule has 2 rings (SSSR count). The molecule has 2 aromatic rings. The zero-order valence-corrected chi connectivity index (χ0v) is 14.4. The van der Waals surface area contributed by atoms with Crippen LogP contribution in [-0.2, 0) is 4.79 Å². The van der Waals surface area contributed by atoms with Gasteiger partial charge in [0.1, 0.15) is 5.75 Å². The van der Waals surface area contributed by atoms with Crippen molar-refractivity contribution in [2.24, 2.45) is 0 Å². The predicted octanol–water partition coefficient (Wildman–Crippen LogP) is 4.55. The highest BCUT2D eigenvalue weighted by Crippen LogP contribution is 2.31. The number of amides is 1. The fourth-order valence-corrected chi connectivity index (χ4v) is 2.13. The molecule has 7 nitrogen and oxygen atoms in total. The summed E-state index contributed by atoms with van der Waals surface area (Å²) in [7, 11) is 0. The molecule has 0 unspecified atom stereocenters. The molecule has 0 radical (unpaired) electrons. The molecule has 1 atom stereocenters. The number of anilines is 1. The molecule has 11 heteroatoms. The number of rotatable bonds is 6. The van der Waals surface area contributed by atoms with Crippen LogP contribution in [0.3, 0.4) is 0 Å². The van der Waals surface area contributed by atoms with Gasteiger partial charge in [0.05, 0.1) is 4.92 Å². The molecule has 1 N–H and O–H groups in total. The first-order valence-corrected chi connectivity index (χ1v) is 7.70. The molecular weight excluding hydrogens is 393 g/mol. The number of benzene rings is 2. The summed E-state index contributed by atoms with van der Waals surface area (Å²) in [5.41, 5.74) is -0.216. The summed E-state index contributed by atoms with van der Waals surface area (Å²) < 4.78 is 45.4. The lowest BCUT2D eigenvalue weighted by Crippen LogP contribution is -2.30. The van der Waals surface area contributed by atoms with Crippen LogP contribution < -0.4 is 14.8 Å². The molecule has 144 valence electrons. The van der Waals surface area contributed by atoms with E-state index in [1.807, 2.05) is 0 Å². The van der Waals surface area contributed by atoms with Crippen LogP contribution in [0.5, 0.6) is 11.5 Å². The topological polar surface area (TPSA) is 90.7 Å². The van der Waals surface area contributed by atoms with Crippen molar-refractivity contribution in [3.8, 4) is 11.5 Å². The van der Waals surface area contributed by atoms with Crippen molar-refractivity contribution in [3.05, 3.63) is 57.6 Å². The number of carbonyl (C=O) groups excluding carboxylic acids is 1. The van der Waals surface area contributed by atoms with Gasteiger partial charge in [-0.15, -0.1) is 13.2 Å². The van der Waals surface area contributed by atoms with E-state index in [-0.39, 0.29) is 16.5 Å². The number of carbonyl (C=O) groups is 1. The van der Waals surface area contributed by atoms with Gasteiger partial charge in [0.2, 0.25) is 0 Å². The third-order valence-corrected chi connectivity index (χ3v) is 3.38. The van der Waals surface area contributed by atoms with E-state index in [1.54, 1.807) is 0 Å². The Morgan fingerprint density at radius 1 is 1.22 bits per heavy atom. The molecule has 0 spiro atoms. The minimum atomic E-state index is -4.82. The monoisotopic (exact) mass is 404 g/mol. The van der Waals surface area contributed by atoms with Crippen LogP contribution >= 0.6 is 11.6 Å². The second kappa shape index (κ2) is 8.12. The quantitative estimate of drug-likeness (QED) is 0.563. The van der Waals surface area contributed by atoms with E-state index in [0.717, 1.165) is 18.2 Å². The Morgan fingerprint density at radius 2 is 1.85 bits per heavy atom. The van der Waals surface area contributed by atoms with Gasteiger partial charge in [0.25, 0.3) is 5.91 Å². The van der Waals surface area contributed by atoms with E-state index in [4.69, 9.17) is 16.3 Å². The van der Waals surface area contributed by atoms with Crippen LogP contribution in [0.15, 0.2) is 42.5 Å². The Labute approximate surface area is 155 Å². The molecule has 0 fully saturated rings. The third kappa shape index (κ3) is 6.03. The number of alkyl halides is 3. The molecule has 0 saturated carbocycles. The minimum Gasteiger partial charge on any atom is -0.474 e. The zero-order valence-electron chi connectivity index (χ0n) is 13.6. The number of nitrogens with one attached hydrogen (secondary N) is 1. The normalized spacial score (nSPS) is 12.2. The fraction of sp³-hybridized carbons (Fsp3) is 0.188. The highest BCUT2D eigenvalue weighted by Gasteiger charge is 2.31. The second-order valence-electron chi connectivity index (χ2n) is 5.19. The van der Waals surface area contributed by atoms with Crippen LogP contribution in [0, 0.1) is 10.1 Å². The summed E-state index contributed by atoms with van der Waals surface area (Å²) in [6.45, 7) is 1.36. The van der Waals surface area contributed by atoms with Crippen molar-refractivity contribution >= 4 is 28.9 Å². The van der Waals surface area contributed by atoms with Gasteiger partial charge in [-0.3, -0.25) is 14.9 Å². The zero-order chi connectivity index (χ0) is 20.2. The van der Waals surface area contributed by atoms with Crippen molar-refractivity contribution in [2.45, 2.75) is 19.4 Å². The molecule has 0 aliphatic carbocycles. The van der Waals surface area contributed by atoms with Gasteiger partial charge in [0, 0.05) is 16.8 Å². The minimum absolute atomic E-state index is 0.132. The van der Waals surface area contributed by atoms with E-state index in [1.165, 1.54) is 31.2 Å². The second-order valence-corrected chi connectivity index (χ2v) is 5.63. The predicted molar refractivity (Wildman–Crippen MR) is 90.0 cm³/mol. The molecular formula is C16H12ClF3N2O5. The van der Waals surface area contributed by atoms with Crippen LogP contribution in [0.25, 0.3) is 0 Å². The summed E-state index contributed by atoms with van der Waals surface area (Å²) >= 11 is 5.70. The van der Waals surface area contributed by atoms with Gasteiger partial charge in [-0.2, -0.15) is 0 Å². The van der Waals surface area contributed by atoms with Crippen molar-refractivity contribution in [2.75, 3.05) is 5.32 Å². The van der Waals surface area contributed by atoms with Crippen LogP contribution in [0.2, 0.25) is 5.02 Å². The Morgan fingerprint density at radius 3 is 2.41 bits per heavy atom. The number of nitro benzene ring substituents is 1. The average molecular weight is 405 g/mol. The molecule has 0 aliphatic heterocycles. The molecule has 0 heterocycles. The highest BCUT2D eigenvalue weighted by molar-refractivity contribution is 6.30. The SMILES string of the molecule is C[C@@H](Oc1ccc(Cl)cc1[N+](=O)[O-])C(=O)Nc1ccc(OC(F)(F)F)cc1. The average Bonchev–Trinajstić information content (AvgIpc) is 2.56. The maximum absolute atomic E-state index is 12.1. The molecule has 27 heavy (non-hydrogen) atoms. The first-order valence-electron chi connectivity index (χ1n) is 7.32. The maximum Gasteiger partial charge on any atom is 0.573 e. The maximum atomic E-state index is 12.1. The van der Waals surface area contributed by atoms with Crippen LogP contribution in [0.1, 0.15) is 6.92 Å². The van der Waals surface area contributed by atoms with E-state index >= 15 is 0 Å². The largest absolute Gasteiger partial charge is 0.573 e. The lowest BCUT2D eigenvalue weighted by Gasteiger charge is -2.15. The van der Waals surface area contributed by atoms with E-state index in [0.29, 0.717) is 0 Å². The molecule has 0 saturated heterocycles. The number of ether oxygens (including phenoxy) is 2. The van der Waals surface area contributed by atoms with Gasteiger partial charge in [-0.1, -0.05) is 11.6 Å². The standard InChI is InChI=1S/C16H12ClF3N2O5/c1-9(26-14-7-2-10(17)8-13(14)22(24)25)15(23)21-11-3-5-12(6-4-11)27-16(18,19)20/h2-9H,1H3,(H,21,23)/t9-/m1/s1. The first-order chi connectivity index (χ1) is 12.5. The Hall–Kier alpha value is -3.01. The van der Waals surface area contributed by atoms with Crippen molar-refractivity contribution in [1.82, 2.24) is 0 Å². The van der Waals surface area contributed by atoms with Crippen molar-refractivity contribution < 1.29 is 32.4 Å².